The number of benzene rings is 9. The fourth-order valence-corrected chi connectivity index (χ4v) is 10.8. The van der Waals surface area contributed by atoms with Crippen molar-refractivity contribution in [2.45, 2.75) is 25.7 Å². The molecule has 0 spiro atoms. The van der Waals surface area contributed by atoms with Crippen LogP contribution in [0.3, 0.4) is 0 Å². The number of allylic oxidation sites excluding steroid dienone is 5. The third-order valence-electron chi connectivity index (χ3n) is 14.4. The average Bonchev–Trinajstić information content (AvgIpc) is 4.06. The lowest BCUT2D eigenvalue weighted by Crippen LogP contribution is -2.28. The Kier molecular flexibility index (Phi) is 12.8. The Bertz CT molecular complexity index is 3950. The van der Waals surface area contributed by atoms with Crippen LogP contribution in [-0.2, 0) is 11.8 Å². The summed E-state index contributed by atoms with van der Waals surface area (Å²) >= 11 is 0. The molecule has 0 fully saturated rings. The van der Waals surface area contributed by atoms with Crippen LogP contribution in [0.4, 0.5) is 0 Å². The molecular formula is C70H52N6. The molecule has 1 aliphatic carbocycles. The van der Waals surface area contributed by atoms with E-state index in [1.165, 1.54) is 38.9 Å². The number of aryl methyl sites for hydroxylation is 1. The van der Waals surface area contributed by atoms with Crippen molar-refractivity contribution in [3.05, 3.63) is 295 Å². The fourth-order valence-electron chi connectivity index (χ4n) is 10.8. The molecule has 0 N–H and O–H groups in total. The predicted molar refractivity (Wildman–Crippen MR) is 311 cm³/mol. The molecule has 6 heteroatoms. The summed E-state index contributed by atoms with van der Waals surface area (Å²) in [5.74, 6) is 3.68. The van der Waals surface area contributed by atoms with Gasteiger partial charge in [-0.25, -0.2) is 29.9 Å². The first-order chi connectivity index (χ1) is 37.5. The molecule has 0 aliphatic heterocycles. The van der Waals surface area contributed by atoms with E-state index in [9.17, 15) is 0 Å². The Balaban J connectivity index is 1.00. The molecule has 12 rings (SSSR count). The summed E-state index contributed by atoms with van der Waals surface area (Å²) in [5, 5.41) is 0. The Labute approximate surface area is 444 Å². The maximum absolute atomic E-state index is 5.09. The molecule has 76 heavy (non-hydrogen) atoms. The Morgan fingerprint density at radius 2 is 0.803 bits per heavy atom. The summed E-state index contributed by atoms with van der Waals surface area (Å²) in [7, 11) is 0. The molecule has 6 nitrogen and oxygen atoms in total. The largest absolute Gasteiger partial charge is 0.208 e. The smallest absolute Gasteiger partial charge is 0.164 e. The third kappa shape index (κ3) is 8.76. The van der Waals surface area contributed by atoms with E-state index >= 15 is 0 Å². The molecule has 2 heterocycles. The average molecular weight is 977 g/mol. The van der Waals surface area contributed by atoms with Gasteiger partial charge in [0.25, 0.3) is 0 Å². The van der Waals surface area contributed by atoms with Crippen LogP contribution in [0.15, 0.2) is 261 Å². The molecule has 2 aromatic heterocycles. The lowest BCUT2D eigenvalue weighted by Gasteiger charge is -2.34. The van der Waals surface area contributed by atoms with E-state index in [2.05, 4.69) is 153 Å². The van der Waals surface area contributed by atoms with E-state index in [4.69, 9.17) is 29.9 Å². The molecule has 362 valence electrons. The number of fused-ring (bicyclic) bond motifs is 3. The van der Waals surface area contributed by atoms with E-state index in [0.29, 0.717) is 34.9 Å². The molecule has 9 aromatic carbocycles. The second kappa shape index (κ2) is 20.6. The number of aromatic nitrogens is 6. The van der Waals surface area contributed by atoms with Crippen molar-refractivity contribution in [1.29, 1.82) is 0 Å². The molecule has 1 unspecified atom stereocenters. The van der Waals surface area contributed by atoms with Gasteiger partial charge < -0.3 is 0 Å². The normalized spacial score (nSPS) is 13.8. The second-order valence-corrected chi connectivity index (χ2v) is 18.9. The van der Waals surface area contributed by atoms with E-state index in [1.807, 2.05) is 116 Å². The monoisotopic (exact) mass is 976 g/mol. The van der Waals surface area contributed by atoms with Crippen molar-refractivity contribution in [2.75, 3.05) is 0 Å². The van der Waals surface area contributed by atoms with Crippen LogP contribution >= 0.6 is 0 Å². The maximum Gasteiger partial charge on any atom is 0.164 e. The van der Waals surface area contributed by atoms with Gasteiger partial charge in [-0.05, 0) is 98.8 Å². The summed E-state index contributed by atoms with van der Waals surface area (Å²) in [6.07, 6.45) is 8.57. The van der Waals surface area contributed by atoms with E-state index in [0.717, 1.165) is 62.1 Å². The van der Waals surface area contributed by atoms with Crippen molar-refractivity contribution in [3.8, 4) is 90.3 Å². The zero-order chi connectivity index (χ0) is 51.4. The zero-order valence-electron chi connectivity index (χ0n) is 42.3. The van der Waals surface area contributed by atoms with E-state index in [1.54, 1.807) is 6.08 Å². The van der Waals surface area contributed by atoms with Crippen LogP contribution in [0.2, 0.25) is 0 Å². The van der Waals surface area contributed by atoms with Crippen LogP contribution in [0, 0.1) is 0 Å². The van der Waals surface area contributed by atoms with Gasteiger partial charge in [0, 0.05) is 33.4 Å². The molecule has 11 aromatic rings. The highest BCUT2D eigenvalue weighted by atomic mass is 15.0. The highest BCUT2D eigenvalue weighted by Crippen LogP contribution is 2.57. The number of hydrogen-bond donors (Lipinski definition) is 0. The van der Waals surface area contributed by atoms with Gasteiger partial charge in [-0.1, -0.05) is 244 Å². The van der Waals surface area contributed by atoms with Crippen molar-refractivity contribution in [1.82, 2.24) is 29.9 Å². The van der Waals surface area contributed by atoms with Gasteiger partial charge in [-0.2, -0.15) is 0 Å². The van der Waals surface area contributed by atoms with Crippen molar-refractivity contribution < 1.29 is 0 Å². The van der Waals surface area contributed by atoms with Crippen LogP contribution in [0.25, 0.3) is 95.9 Å². The fraction of sp³-hybridized carbons (Fsp3) is 0.0571. The quantitative estimate of drug-likeness (QED) is 0.107. The minimum atomic E-state index is -0.669. The third-order valence-corrected chi connectivity index (χ3v) is 14.4. The lowest BCUT2D eigenvalue weighted by atomic mass is 9.67. The van der Waals surface area contributed by atoms with Crippen LogP contribution < -0.4 is 0 Å². The van der Waals surface area contributed by atoms with Crippen LogP contribution in [0.5, 0.6) is 0 Å². The van der Waals surface area contributed by atoms with Crippen molar-refractivity contribution >= 4 is 5.57 Å². The molecule has 0 saturated heterocycles. The van der Waals surface area contributed by atoms with Gasteiger partial charge in [-0.15, -0.1) is 0 Å². The van der Waals surface area contributed by atoms with Crippen LogP contribution in [0.1, 0.15) is 47.5 Å². The molecule has 0 radical (unpaired) electrons. The van der Waals surface area contributed by atoms with E-state index in [-0.39, 0.29) is 0 Å². The highest BCUT2D eigenvalue weighted by Gasteiger charge is 2.47. The Hall–Kier alpha value is -9.78. The SMILES string of the molecule is C=CC=CC(=CC)c1nc(-c2ccccc2)nc(-c2cccc(-c3cccc(C4(c5cccc(-c6cccc(-c7nc(-c8ccccc8)nc(-c8ccccc8)n7)c6)c5)c5ccccc5-c5c(CC)cccc54)c3)c2)n1. The maximum atomic E-state index is 5.09. The predicted octanol–water partition coefficient (Wildman–Crippen LogP) is 16.8. The first kappa shape index (κ1) is 47.2. The molecular weight excluding hydrogens is 925 g/mol. The molecule has 1 aliphatic rings. The Morgan fingerprint density at radius 3 is 1.30 bits per heavy atom. The van der Waals surface area contributed by atoms with Crippen molar-refractivity contribution in [2.24, 2.45) is 0 Å². The topological polar surface area (TPSA) is 77.3 Å². The minimum absolute atomic E-state index is 0.595. The van der Waals surface area contributed by atoms with Gasteiger partial charge in [-0.3, -0.25) is 0 Å². The van der Waals surface area contributed by atoms with Gasteiger partial charge in [0.1, 0.15) is 0 Å². The van der Waals surface area contributed by atoms with Crippen molar-refractivity contribution in [3.63, 3.8) is 0 Å². The van der Waals surface area contributed by atoms with Crippen LogP contribution in [-0.4, -0.2) is 29.9 Å². The summed E-state index contributed by atoms with van der Waals surface area (Å²) in [6, 6.07) is 81.6. The summed E-state index contributed by atoms with van der Waals surface area (Å²) in [5.41, 5.74) is 17.9. The minimum Gasteiger partial charge on any atom is -0.208 e. The van der Waals surface area contributed by atoms with Gasteiger partial charge in [0.05, 0.1) is 5.41 Å². The first-order valence-corrected chi connectivity index (χ1v) is 25.8. The first-order valence-electron chi connectivity index (χ1n) is 25.8. The number of nitrogens with zero attached hydrogens (tertiary/aromatic N) is 6. The second-order valence-electron chi connectivity index (χ2n) is 18.9. The summed E-state index contributed by atoms with van der Waals surface area (Å²) in [6.45, 7) is 8.14. The van der Waals surface area contributed by atoms with E-state index < -0.39 is 5.41 Å². The molecule has 0 bridgehead atoms. The zero-order valence-corrected chi connectivity index (χ0v) is 42.3. The molecule has 1 atom stereocenters. The summed E-state index contributed by atoms with van der Waals surface area (Å²) in [4.78, 5) is 30.3. The molecule has 0 amide bonds. The lowest BCUT2D eigenvalue weighted by molar-refractivity contribution is 0.768. The van der Waals surface area contributed by atoms with Gasteiger partial charge in [0.15, 0.2) is 34.9 Å². The van der Waals surface area contributed by atoms with Gasteiger partial charge in [0.2, 0.25) is 0 Å². The summed E-state index contributed by atoms with van der Waals surface area (Å²) < 4.78 is 0. The Morgan fingerprint density at radius 1 is 0.408 bits per heavy atom. The standard InChI is InChI=1S/C70H52N6/c1-4-7-24-48(6-3)64-71-65(49-25-11-8-12-26-49)74-68(72-64)56-36-19-32-52(43-56)54-34-21-38-58(45-54)70(61-41-18-17-40-60(61)63-47(5-2)31-23-42-62(63)70)59-39-22-35-55(46-59)53-33-20-37-57(44-53)69-75-66(50-27-13-9-14-28-50)73-67(76-69)51-29-15-10-16-30-51/h4,6-46H,1,5H2,2-3H3. The van der Waals surface area contributed by atoms with Gasteiger partial charge >= 0.3 is 0 Å². The molecule has 0 saturated carbocycles. The number of rotatable bonds is 13. The highest BCUT2D eigenvalue weighted by molar-refractivity contribution is 5.89. The number of hydrogen-bond acceptors (Lipinski definition) is 6.